The lowest BCUT2D eigenvalue weighted by molar-refractivity contribution is -0.384. The number of thiazole rings is 1. The van der Waals surface area contributed by atoms with E-state index in [9.17, 15) is 23.3 Å². The first-order valence-corrected chi connectivity index (χ1v) is 10.5. The van der Waals surface area contributed by atoms with Crippen LogP contribution in [-0.4, -0.2) is 30.1 Å². The highest BCUT2D eigenvalue weighted by molar-refractivity contribution is 7.90. The number of benzene rings is 2. The summed E-state index contributed by atoms with van der Waals surface area (Å²) in [5.74, 6) is 1.80. The van der Waals surface area contributed by atoms with Gasteiger partial charge in [-0.2, -0.15) is 4.99 Å². The van der Waals surface area contributed by atoms with Crippen molar-refractivity contribution >= 4 is 43.0 Å². The van der Waals surface area contributed by atoms with Gasteiger partial charge in [-0.1, -0.05) is 23.3 Å². The maximum Gasteiger partial charge on any atom is 0.279 e. The molecule has 0 aliphatic rings. The van der Waals surface area contributed by atoms with E-state index >= 15 is 0 Å². The van der Waals surface area contributed by atoms with Crippen LogP contribution in [0.5, 0.6) is 0 Å². The Morgan fingerprint density at radius 1 is 1.32 bits per heavy atom. The molecule has 28 heavy (non-hydrogen) atoms. The summed E-state index contributed by atoms with van der Waals surface area (Å²) in [6, 6.07) is 9.87. The third-order valence-corrected chi connectivity index (χ3v) is 6.00. The summed E-state index contributed by atoms with van der Waals surface area (Å²) in [5, 5.41) is 11.0. The molecule has 0 saturated heterocycles. The van der Waals surface area contributed by atoms with Gasteiger partial charge in [0.15, 0.2) is 14.6 Å². The third kappa shape index (κ3) is 3.85. The molecule has 1 heterocycles. The van der Waals surface area contributed by atoms with Gasteiger partial charge in [-0.15, -0.1) is 6.42 Å². The predicted molar refractivity (Wildman–Crippen MR) is 105 cm³/mol. The highest BCUT2D eigenvalue weighted by Gasteiger charge is 2.14. The Kier molecular flexibility index (Phi) is 5.13. The van der Waals surface area contributed by atoms with E-state index in [1.54, 1.807) is 6.07 Å². The van der Waals surface area contributed by atoms with Crippen LogP contribution in [-0.2, 0) is 16.4 Å². The molecule has 0 bridgehead atoms. The summed E-state index contributed by atoms with van der Waals surface area (Å²) in [5.41, 5.74) is 0.502. The van der Waals surface area contributed by atoms with Gasteiger partial charge < -0.3 is 4.57 Å². The summed E-state index contributed by atoms with van der Waals surface area (Å²) < 4.78 is 25.6. The van der Waals surface area contributed by atoms with Crippen LogP contribution in [0, 0.1) is 22.5 Å². The second-order valence-electron chi connectivity index (χ2n) is 5.80. The summed E-state index contributed by atoms with van der Waals surface area (Å²) in [7, 11) is -3.47. The first kappa shape index (κ1) is 19.5. The minimum Gasteiger partial charge on any atom is -0.304 e. The van der Waals surface area contributed by atoms with Crippen molar-refractivity contribution in [3.05, 3.63) is 62.9 Å². The second kappa shape index (κ2) is 7.38. The monoisotopic (exact) mass is 415 g/mol. The number of nitrogens with zero attached hydrogens (tertiary/aromatic N) is 3. The van der Waals surface area contributed by atoms with Crippen molar-refractivity contribution in [3.8, 4) is 12.3 Å². The molecule has 0 aliphatic carbocycles. The number of carbonyl (C=O) groups is 1. The Labute approximate surface area is 163 Å². The number of rotatable bonds is 4. The van der Waals surface area contributed by atoms with Gasteiger partial charge >= 0.3 is 0 Å². The molecule has 8 nitrogen and oxygen atoms in total. The molecule has 142 valence electrons. The summed E-state index contributed by atoms with van der Waals surface area (Å²) >= 11 is 1.16. The van der Waals surface area contributed by atoms with Crippen molar-refractivity contribution in [3.63, 3.8) is 0 Å². The summed E-state index contributed by atoms with van der Waals surface area (Å²) in [6.07, 6.45) is 6.44. The minimum absolute atomic E-state index is 0.0111. The van der Waals surface area contributed by atoms with Crippen LogP contribution in [0.4, 0.5) is 5.69 Å². The number of amides is 1. The molecule has 0 spiro atoms. The first-order chi connectivity index (χ1) is 13.2. The smallest absolute Gasteiger partial charge is 0.279 e. The average molecular weight is 415 g/mol. The molecule has 3 aromatic rings. The van der Waals surface area contributed by atoms with E-state index in [0.717, 1.165) is 17.6 Å². The number of carbonyl (C=O) groups excluding carboxylic acids is 1. The van der Waals surface area contributed by atoms with Gasteiger partial charge in [0.05, 0.1) is 26.6 Å². The quantitative estimate of drug-likeness (QED) is 0.369. The summed E-state index contributed by atoms with van der Waals surface area (Å²) in [6.45, 7) is 0.0661. The van der Waals surface area contributed by atoms with Crippen LogP contribution in [0.25, 0.3) is 10.2 Å². The molecule has 0 unspecified atom stereocenters. The van der Waals surface area contributed by atoms with E-state index in [2.05, 4.69) is 10.9 Å². The molecule has 1 aromatic heterocycles. The van der Waals surface area contributed by atoms with Crippen molar-refractivity contribution in [2.75, 3.05) is 6.26 Å². The molecule has 0 N–H and O–H groups in total. The van der Waals surface area contributed by atoms with Crippen LogP contribution >= 0.6 is 11.3 Å². The van der Waals surface area contributed by atoms with Crippen LogP contribution in [0.15, 0.2) is 52.4 Å². The standard InChI is InChI=1S/C18H13N3O5S2/c1-3-9-20-15-11-13(21(23)24)7-8-16(15)27-18(20)19-17(22)12-5-4-6-14(10-12)28(2,25)26/h1,4-8,10-11H,9H2,2H3. The SMILES string of the molecule is C#CCn1c(=NC(=O)c2cccc(S(C)(=O)=O)c2)sc2ccc([N+](=O)[O-])cc21. The van der Waals surface area contributed by atoms with Gasteiger partial charge in [0.1, 0.15) is 0 Å². The zero-order chi connectivity index (χ0) is 20.5. The van der Waals surface area contributed by atoms with Gasteiger partial charge in [-0.05, 0) is 24.3 Å². The molecule has 0 fully saturated rings. The second-order valence-corrected chi connectivity index (χ2v) is 8.83. The fourth-order valence-electron chi connectivity index (χ4n) is 2.51. The molecule has 2 aromatic carbocycles. The molecule has 0 radical (unpaired) electrons. The van der Waals surface area contributed by atoms with Crippen LogP contribution in [0.3, 0.4) is 0 Å². The Balaban J connectivity index is 2.16. The topological polar surface area (TPSA) is 112 Å². The fourth-order valence-corrected chi connectivity index (χ4v) is 4.19. The van der Waals surface area contributed by atoms with Crippen LogP contribution in [0.1, 0.15) is 10.4 Å². The third-order valence-electron chi connectivity index (χ3n) is 3.83. The molecule has 10 heteroatoms. The van der Waals surface area contributed by atoms with Crippen molar-refractivity contribution < 1.29 is 18.1 Å². The number of nitro groups is 1. The highest BCUT2D eigenvalue weighted by atomic mass is 32.2. The van der Waals surface area contributed by atoms with Crippen molar-refractivity contribution in [2.24, 2.45) is 4.99 Å². The number of fused-ring (bicyclic) bond motifs is 1. The zero-order valence-electron chi connectivity index (χ0n) is 14.5. The molecule has 0 saturated carbocycles. The van der Waals surface area contributed by atoms with E-state index < -0.39 is 20.7 Å². The van der Waals surface area contributed by atoms with Crippen LogP contribution < -0.4 is 4.80 Å². The van der Waals surface area contributed by atoms with Gasteiger partial charge in [0.2, 0.25) is 0 Å². The van der Waals surface area contributed by atoms with E-state index in [4.69, 9.17) is 6.42 Å². The maximum absolute atomic E-state index is 12.6. The van der Waals surface area contributed by atoms with Gasteiger partial charge in [0, 0.05) is 24.0 Å². The van der Waals surface area contributed by atoms with Gasteiger partial charge in [-0.3, -0.25) is 14.9 Å². The van der Waals surface area contributed by atoms with Crippen molar-refractivity contribution in [1.82, 2.24) is 4.57 Å². The maximum atomic E-state index is 12.6. The Hall–Kier alpha value is -3.29. The van der Waals surface area contributed by atoms with Crippen molar-refractivity contribution in [1.29, 1.82) is 0 Å². The highest BCUT2D eigenvalue weighted by Crippen LogP contribution is 2.23. The van der Waals surface area contributed by atoms with E-state index in [1.165, 1.54) is 41.0 Å². The minimum atomic E-state index is -3.47. The number of hydrogen-bond donors (Lipinski definition) is 0. The van der Waals surface area contributed by atoms with Crippen LogP contribution in [0.2, 0.25) is 0 Å². The fraction of sp³-hybridized carbons (Fsp3) is 0.111. The lowest BCUT2D eigenvalue weighted by Gasteiger charge is -2.01. The average Bonchev–Trinajstić information content (AvgIpc) is 2.98. The van der Waals surface area contributed by atoms with E-state index in [1.807, 2.05) is 0 Å². The lowest BCUT2D eigenvalue weighted by Crippen LogP contribution is -2.16. The summed E-state index contributed by atoms with van der Waals surface area (Å²) in [4.78, 5) is 27.4. The number of terminal acetylenes is 1. The number of sulfone groups is 1. The first-order valence-electron chi connectivity index (χ1n) is 7.81. The Bertz CT molecular complexity index is 1330. The van der Waals surface area contributed by atoms with Gasteiger partial charge in [-0.25, -0.2) is 8.42 Å². The Morgan fingerprint density at radius 3 is 2.71 bits per heavy atom. The number of hydrogen-bond acceptors (Lipinski definition) is 6. The van der Waals surface area contributed by atoms with E-state index in [-0.39, 0.29) is 27.5 Å². The number of non-ortho nitro benzene ring substituents is 1. The molecule has 3 rings (SSSR count). The van der Waals surface area contributed by atoms with E-state index in [0.29, 0.717) is 10.2 Å². The molecular weight excluding hydrogens is 402 g/mol. The molecule has 0 atom stereocenters. The number of aromatic nitrogens is 1. The molecule has 1 amide bonds. The zero-order valence-corrected chi connectivity index (χ0v) is 16.2. The number of nitro benzene ring substituents is 1. The molecular formula is C18H13N3O5S2. The molecule has 0 aliphatic heterocycles. The largest absolute Gasteiger partial charge is 0.304 e. The van der Waals surface area contributed by atoms with Gasteiger partial charge in [0.25, 0.3) is 11.6 Å². The Morgan fingerprint density at radius 2 is 2.07 bits per heavy atom. The predicted octanol–water partition coefficient (Wildman–Crippen LogP) is 2.39. The normalized spacial score (nSPS) is 12.1. The lowest BCUT2D eigenvalue weighted by atomic mass is 10.2. The van der Waals surface area contributed by atoms with Crippen molar-refractivity contribution in [2.45, 2.75) is 11.4 Å².